The molecule has 0 saturated heterocycles. The van der Waals surface area contributed by atoms with Gasteiger partial charge in [0.25, 0.3) is 0 Å². The smallest absolute Gasteiger partial charge is 0.174 e. The van der Waals surface area contributed by atoms with Gasteiger partial charge in [-0.15, -0.1) is 0 Å². The van der Waals surface area contributed by atoms with Crippen LogP contribution in [0.1, 0.15) is 44.4 Å². The average Bonchev–Trinajstić information content (AvgIpc) is 3.18. The van der Waals surface area contributed by atoms with Crippen LogP contribution >= 0.6 is 7.36 Å². The van der Waals surface area contributed by atoms with Crippen LogP contribution in [-0.2, 0) is 5.41 Å². The zero-order chi connectivity index (χ0) is 23.3. The van der Waals surface area contributed by atoms with E-state index in [4.69, 9.17) is 9.85 Å². The van der Waals surface area contributed by atoms with Gasteiger partial charge >= 0.3 is 0 Å². The molecule has 2 aliphatic heterocycles. The number of hydrogen-bond donors (Lipinski definition) is 0. The van der Waals surface area contributed by atoms with Crippen LogP contribution in [0.5, 0.6) is 0 Å². The van der Waals surface area contributed by atoms with Crippen LogP contribution < -0.4 is 4.90 Å². The van der Waals surface area contributed by atoms with E-state index in [1.807, 2.05) is 0 Å². The van der Waals surface area contributed by atoms with Crippen LogP contribution in [0.25, 0.3) is 0 Å². The average molecular weight is 450 g/mol. The normalized spacial score (nSPS) is 23.9. The maximum atomic E-state index is 5.62. The van der Waals surface area contributed by atoms with Crippen molar-refractivity contribution in [3.63, 3.8) is 0 Å². The molecule has 0 bridgehead atoms. The molecule has 2 aromatic rings. The number of rotatable bonds is 4. The number of hydrazone groups is 1. The summed E-state index contributed by atoms with van der Waals surface area (Å²) in [6.07, 6.45) is 2.08. The van der Waals surface area contributed by atoms with Gasteiger partial charge in [-0.2, -0.15) is 5.10 Å². The van der Waals surface area contributed by atoms with Gasteiger partial charge in [0, 0.05) is 44.0 Å². The van der Waals surface area contributed by atoms with Crippen LogP contribution in [0.3, 0.4) is 0 Å². The molecule has 5 nitrogen and oxygen atoms in total. The number of nitrogens with zero attached hydrogens (tertiary/aromatic N) is 5. The van der Waals surface area contributed by atoms with Crippen molar-refractivity contribution < 1.29 is 0 Å². The molecule has 6 heteroatoms. The Morgan fingerprint density at radius 1 is 1.00 bits per heavy atom. The largest absolute Gasteiger partial charge is 0.346 e. The Bertz CT molecular complexity index is 1160. The molecule has 0 saturated carbocycles. The molecule has 0 amide bonds. The standard InChI is InChI=1S/C26H36N5P/c1-9-31(10-2)32(28-22-16-13-14-19(3)20(22)4)24(18-27-30(32)8)25-26(5,6)21-15-11-12-17-23(21)29(25)7/h11-18H,9-10H2,1-8H3/b25-24+/t32-/m1/s1. The van der Waals surface area contributed by atoms with Crippen molar-refractivity contribution in [3.8, 4) is 0 Å². The summed E-state index contributed by atoms with van der Waals surface area (Å²) in [5, 5.41) is 6.14. The Balaban J connectivity index is 2.09. The van der Waals surface area contributed by atoms with Gasteiger partial charge in [0.05, 0.1) is 17.2 Å². The molecular weight excluding hydrogens is 413 g/mol. The molecule has 4 rings (SSSR count). The van der Waals surface area contributed by atoms with E-state index < -0.39 is 7.36 Å². The number of para-hydroxylation sites is 1. The minimum absolute atomic E-state index is 0.131. The van der Waals surface area contributed by atoms with Gasteiger partial charge in [0.15, 0.2) is 7.36 Å². The lowest BCUT2D eigenvalue weighted by Crippen LogP contribution is -2.30. The molecule has 0 unspecified atom stereocenters. The molecule has 0 N–H and O–H groups in total. The second kappa shape index (κ2) is 8.20. The Labute approximate surface area is 193 Å². The molecule has 1 atom stereocenters. The Morgan fingerprint density at radius 2 is 1.69 bits per heavy atom. The van der Waals surface area contributed by atoms with E-state index in [1.165, 1.54) is 33.4 Å². The van der Waals surface area contributed by atoms with Gasteiger partial charge in [0.1, 0.15) is 0 Å². The molecule has 2 heterocycles. The fraction of sp³-hybridized carbons (Fsp3) is 0.423. The summed E-state index contributed by atoms with van der Waals surface area (Å²) in [7, 11) is 1.97. The molecule has 0 radical (unpaired) electrons. The molecule has 0 spiro atoms. The number of hydrogen-bond acceptors (Lipinski definition) is 3. The highest BCUT2D eigenvalue weighted by Crippen LogP contribution is 2.69. The maximum absolute atomic E-state index is 5.62. The number of fused-ring (bicyclic) bond motifs is 1. The van der Waals surface area contributed by atoms with E-state index in [-0.39, 0.29) is 5.41 Å². The van der Waals surface area contributed by atoms with Crippen LogP contribution in [0.2, 0.25) is 0 Å². The Kier molecular flexibility index (Phi) is 5.85. The minimum Gasteiger partial charge on any atom is -0.346 e. The highest BCUT2D eigenvalue weighted by Gasteiger charge is 2.47. The lowest BCUT2D eigenvalue weighted by atomic mass is 9.84. The first-order chi connectivity index (χ1) is 15.2. The molecule has 0 aliphatic carbocycles. The number of aryl methyl sites for hydroxylation is 1. The quantitative estimate of drug-likeness (QED) is 0.477. The zero-order valence-electron chi connectivity index (χ0n) is 20.7. The Hall–Kier alpha value is -2.36. The summed E-state index contributed by atoms with van der Waals surface area (Å²) in [4.78, 5) is 2.37. The van der Waals surface area contributed by atoms with Crippen LogP contribution in [0.15, 0.2) is 63.3 Å². The third-order valence-corrected chi connectivity index (χ3v) is 10.9. The first-order valence-corrected chi connectivity index (χ1v) is 13.2. The predicted molar refractivity (Wildman–Crippen MR) is 139 cm³/mol. The van der Waals surface area contributed by atoms with Crippen molar-refractivity contribution in [2.24, 2.45) is 9.85 Å². The number of anilines is 1. The van der Waals surface area contributed by atoms with E-state index in [9.17, 15) is 0 Å². The summed E-state index contributed by atoms with van der Waals surface area (Å²) in [6.45, 7) is 15.3. The van der Waals surface area contributed by atoms with Crippen LogP contribution in [0.4, 0.5) is 11.4 Å². The molecular formula is C26H36N5P. The van der Waals surface area contributed by atoms with E-state index in [2.05, 4.69) is 119 Å². The van der Waals surface area contributed by atoms with Crippen molar-refractivity contribution in [2.45, 2.75) is 47.0 Å². The first kappa shape index (κ1) is 22.8. The van der Waals surface area contributed by atoms with Crippen molar-refractivity contribution in [1.29, 1.82) is 0 Å². The lowest BCUT2D eigenvalue weighted by Gasteiger charge is -2.39. The second-order valence-electron chi connectivity index (χ2n) is 9.20. The van der Waals surface area contributed by atoms with E-state index in [1.54, 1.807) is 0 Å². The SMILES string of the molecule is CCN(CC)[P@@]1(=Nc2cccc(C)c2C)/C(=C2/N(C)c3ccccc3C2(C)C)C=NN1C. The Morgan fingerprint density at radius 3 is 2.34 bits per heavy atom. The van der Waals surface area contributed by atoms with Gasteiger partial charge < -0.3 is 4.90 Å². The molecule has 0 aromatic heterocycles. The summed E-state index contributed by atoms with van der Waals surface area (Å²) >= 11 is 0. The second-order valence-corrected chi connectivity index (χ2v) is 12.2. The van der Waals surface area contributed by atoms with Crippen LogP contribution in [0, 0.1) is 13.8 Å². The van der Waals surface area contributed by atoms with Crippen LogP contribution in [-0.4, -0.2) is 42.8 Å². The summed E-state index contributed by atoms with van der Waals surface area (Å²) < 4.78 is 10.3. The van der Waals surface area contributed by atoms with Crippen molar-refractivity contribution in [3.05, 3.63) is 70.2 Å². The fourth-order valence-corrected chi connectivity index (χ4v) is 9.00. The number of likely N-dealkylation sites (N-methyl/N-ethyl adjacent to an activating group) is 1. The summed E-state index contributed by atoms with van der Waals surface area (Å²) in [6, 6.07) is 15.2. The van der Waals surface area contributed by atoms with Gasteiger partial charge in [-0.05, 0) is 42.7 Å². The molecule has 32 heavy (non-hydrogen) atoms. The summed E-state index contributed by atoms with van der Waals surface area (Å²) in [5.74, 6) is 0. The van der Waals surface area contributed by atoms with Gasteiger partial charge in [-0.3, -0.25) is 0 Å². The van der Waals surface area contributed by atoms with E-state index >= 15 is 0 Å². The van der Waals surface area contributed by atoms with Crippen molar-refractivity contribution in [2.75, 3.05) is 32.1 Å². The topological polar surface area (TPSA) is 34.4 Å². The lowest BCUT2D eigenvalue weighted by molar-refractivity contribution is 0.452. The number of benzene rings is 2. The first-order valence-electron chi connectivity index (χ1n) is 11.5. The minimum atomic E-state index is -2.31. The van der Waals surface area contributed by atoms with Gasteiger partial charge in [-0.25, -0.2) is 14.2 Å². The third-order valence-electron chi connectivity index (χ3n) is 7.13. The van der Waals surface area contributed by atoms with E-state index in [0.717, 1.165) is 18.8 Å². The number of allylic oxidation sites excluding steroid dienone is 2. The fourth-order valence-electron chi connectivity index (χ4n) is 5.23. The molecule has 170 valence electrons. The van der Waals surface area contributed by atoms with Crippen molar-refractivity contribution >= 4 is 24.9 Å². The van der Waals surface area contributed by atoms with E-state index in [0.29, 0.717) is 0 Å². The molecule has 2 aliphatic rings. The zero-order valence-corrected chi connectivity index (χ0v) is 21.6. The monoisotopic (exact) mass is 449 g/mol. The van der Waals surface area contributed by atoms with Crippen molar-refractivity contribution in [1.82, 2.24) is 9.45 Å². The maximum Gasteiger partial charge on any atom is 0.174 e. The predicted octanol–water partition coefficient (Wildman–Crippen LogP) is 6.88. The van der Waals surface area contributed by atoms with Gasteiger partial charge in [-0.1, -0.05) is 58.0 Å². The molecule has 2 aromatic carbocycles. The summed E-state index contributed by atoms with van der Waals surface area (Å²) in [5.41, 5.74) is 7.38. The highest BCUT2D eigenvalue weighted by atomic mass is 31.2. The van der Waals surface area contributed by atoms with Gasteiger partial charge in [0.2, 0.25) is 0 Å². The molecule has 0 fully saturated rings. The highest BCUT2D eigenvalue weighted by molar-refractivity contribution is 7.67. The third kappa shape index (κ3) is 3.17.